The molecule has 1 aliphatic carbocycles. The summed E-state index contributed by atoms with van der Waals surface area (Å²) >= 11 is 0. The van der Waals surface area contributed by atoms with Gasteiger partial charge in [0.2, 0.25) is 0 Å². The van der Waals surface area contributed by atoms with E-state index in [9.17, 15) is 16.8 Å². The van der Waals surface area contributed by atoms with Crippen LogP contribution < -0.4 is 0 Å². The molecule has 0 heterocycles. The van der Waals surface area contributed by atoms with Gasteiger partial charge in [-0.3, -0.25) is 0 Å². The quantitative estimate of drug-likeness (QED) is 0.664. The maximum atomic E-state index is 11.5. The first-order valence-electron chi connectivity index (χ1n) is 3.72. The van der Waals surface area contributed by atoms with Crippen LogP contribution in [-0.2, 0) is 20.5 Å². The van der Waals surface area contributed by atoms with Gasteiger partial charge in [-0.05, 0) is 26.7 Å². The van der Waals surface area contributed by atoms with Crippen LogP contribution in [-0.4, -0.2) is 26.2 Å². The van der Waals surface area contributed by atoms with Crippen LogP contribution in [0.3, 0.4) is 0 Å². The minimum atomic E-state index is -3.46. The van der Waals surface area contributed by atoms with Gasteiger partial charge in [-0.1, -0.05) is 0 Å². The van der Waals surface area contributed by atoms with E-state index < -0.39 is 29.9 Å². The van der Waals surface area contributed by atoms with Gasteiger partial charge in [0.05, 0.1) is 5.25 Å². The van der Waals surface area contributed by atoms with Gasteiger partial charge in [0.1, 0.15) is 0 Å². The summed E-state index contributed by atoms with van der Waals surface area (Å²) < 4.78 is 42.9. The van der Waals surface area contributed by atoms with Crippen molar-refractivity contribution in [3.05, 3.63) is 0 Å². The van der Waals surface area contributed by atoms with E-state index in [1.165, 1.54) is 13.8 Å². The van der Waals surface area contributed by atoms with Gasteiger partial charge in [-0.25, -0.2) is 16.8 Å². The van der Waals surface area contributed by atoms with Crippen LogP contribution in [0.15, 0.2) is 0 Å². The van der Waals surface area contributed by atoms with E-state index in [4.69, 9.17) is 0 Å². The molecular weight excluding hydrogens is 200 g/mol. The molecule has 4 nitrogen and oxygen atoms in total. The molecule has 6 heteroatoms. The Bertz CT molecular complexity index is 338. The maximum Gasteiger partial charge on any atom is 0.172 e. The lowest BCUT2D eigenvalue weighted by Gasteiger charge is -2.12. The van der Waals surface area contributed by atoms with Crippen molar-refractivity contribution >= 4 is 20.5 Å². The van der Waals surface area contributed by atoms with E-state index >= 15 is 0 Å². The van der Waals surface area contributed by atoms with Crippen LogP contribution in [0.25, 0.3) is 0 Å². The van der Waals surface area contributed by atoms with Gasteiger partial charge in [0, 0.05) is 0 Å². The molecule has 0 aromatic rings. The fourth-order valence-corrected chi connectivity index (χ4v) is 4.61. The molecule has 0 aromatic heterocycles. The third-order valence-corrected chi connectivity index (χ3v) is 7.19. The lowest BCUT2D eigenvalue weighted by atomic mass is 10.6. The molecule has 0 amide bonds. The number of rotatable bonds is 3. The number of sulfone groups is 1. The van der Waals surface area contributed by atoms with E-state index in [1.54, 1.807) is 0 Å². The smallest absolute Gasteiger partial charge is 0.172 e. The summed E-state index contributed by atoms with van der Waals surface area (Å²) in [6.45, 7) is 3.02. The molecule has 0 aromatic carbocycles. The summed E-state index contributed by atoms with van der Waals surface area (Å²) in [5, 5.41) is -0.604. The van der Waals surface area contributed by atoms with Crippen LogP contribution >= 0.6 is 0 Å². The predicted molar refractivity (Wildman–Crippen MR) is 46.3 cm³/mol. The zero-order valence-electron chi connectivity index (χ0n) is 6.98. The third-order valence-electron chi connectivity index (χ3n) is 2.16. The van der Waals surface area contributed by atoms with Crippen molar-refractivity contribution in [1.29, 1.82) is 0 Å². The summed E-state index contributed by atoms with van der Waals surface area (Å²) in [4.78, 5) is 0. The Morgan fingerprint density at radius 2 is 1.67 bits per heavy atom. The largest absolute Gasteiger partial charge is 0.230 e. The molecule has 0 bridgehead atoms. The molecule has 12 heavy (non-hydrogen) atoms. The van der Waals surface area contributed by atoms with Gasteiger partial charge in [0.25, 0.3) is 0 Å². The Balaban J connectivity index is 3.14. The lowest BCUT2D eigenvalue weighted by molar-refractivity contribution is 0.574. The zero-order chi connectivity index (χ0) is 9.57. The van der Waals surface area contributed by atoms with Crippen molar-refractivity contribution in [2.75, 3.05) is 0 Å². The van der Waals surface area contributed by atoms with E-state index in [0.29, 0.717) is 0 Å². The standard InChI is InChI=1S/C6H12O4S2/c1-5(2)12(9,10)6(3-4-6)11(7)8/h5,11H,3-4H2,1-2H3. The molecule has 1 aliphatic rings. The van der Waals surface area contributed by atoms with Crippen LogP contribution in [0.4, 0.5) is 0 Å². The second kappa shape index (κ2) is 2.70. The Kier molecular flexibility index (Phi) is 2.24. The lowest BCUT2D eigenvalue weighted by Crippen LogP contribution is -2.31. The maximum absolute atomic E-state index is 11.5. The molecule has 0 unspecified atom stereocenters. The summed E-state index contributed by atoms with van der Waals surface area (Å²) in [7, 11) is -6.30. The molecule has 1 saturated carbocycles. The molecule has 0 N–H and O–H groups in total. The SMILES string of the molecule is CC(C)S(=O)(=O)C1([SH](=O)=O)CC1. The van der Waals surface area contributed by atoms with Crippen LogP contribution in [0.1, 0.15) is 26.7 Å². The summed E-state index contributed by atoms with van der Waals surface area (Å²) in [6.07, 6.45) is 0.540. The van der Waals surface area contributed by atoms with Crippen molar-refractivity contribution in [2.24, 2.45) is 0 Å². The Hall–Kier alpha value is -0.100. The summed E-state index contributed by atoms with van der Waals surface area (Å²) in [5.41, 5.74) is 0. The fourth-order valence-electron chi connectivity index (χ4n) is 1.12. The van der Waals surface area contributed by atoms with E-state index in [-0.39, 0.29) is 12.8 Å². The monoisotopic (exact) mass is 212 g/mol. The van der Waals surface area contributed by atoms with Crippen molar-refractivity contribution in [2.45, 2.75) is 36.0 Å². The first-order chi connectivity index (χ1) is 5.34. The number of hydrogen-bond acceptors (Lipinski definition) is 4. The van der Waals surface area contributed by atoms with Gasteiger partial charge < -0.3 is 0 Å². The first-order valence-corrected chi connectivity index (χ1v) is 6.45. The molecule has 0 aliphatic heterocycles. The summed E-state index contributed by atoms with van der Waals surface area (Å²) in [5.74, 6) is 0. The number of thiol groups is 1. The van der Waals surface area contributed by atoms with Gasteiger partial charge in [0.15, 0.2) is 24.6 Å². The third kappa shape index (κ3) is 1.17. The fraction of sp³-hybridized carbons (Fsp3) is 1.00. The highest BCUT2D eigenvalue weighted by atomic mass is 32.3. The molecule has 0 atom stereocenters. The first kappa shape index (κ1) is 9.98. The minimum Gasteiger partial charge on any atom is -0.230 e. The van der Waals surface area contributed by atoms with Crippen molar-refractivity contribution < 1.29 is 16.8 Å². The van der Waals surface area contributed by atoms with E-state index in [2.05, 4.69) is 0 Å². The summed E-state index contributed by atoms with van der Waals surface area (Å²) in [6, 6.07) is 0. The van der Waals surface area contributed by atoms with Crippen molar-refractivity contribution in [1.82, 2.24) is 0 Å². The zero-order valence-corrected chi connectivity index (χ0v) is 8.69. The Labute approximate surface area is 73.8 Å². The highest BCUT2D eigenvalue weighted by Crippen LogP contribution is 2.46. The van der Waals surface area contributed by atoms with Gasteiger partial charge >= 0.3 is 0 Å². The second-order valence-electron chi connectivity index (χ2n) is 3.30. The van der Waals surface area contributed by atoms with Crippen LogP contribution in [0.2, 0.25) is 0 Å². The van der Waals surface area contributed by atoms with E-state index in [1.807, 2.05) is 0 Å². The molecule has 0 spiro atoms. The van der Waals surface area contributed by atoms with Crippen molar-refractivity contribution in [3.8, 4) is 0 Å². The molecule has 0 radical (unpaired) electrons. The molecular formula is C6H12O4S2. The second-order valence-corrected chi connectivity index (χ2v) is 7.78. The van der Waals surface area contributed by atoms with Crippen LogP contribution in [0.5, 0.6) is 0 Å². The molecule has 0 saturated heterocycles. The Morgan fingerprint density at radius 3 is 1.75 bits per heavy atom. The van der Waals surface area contributed by atoms with Crippen LogP contribution in [0, 0.1) is 0 Å². The predicted octanol–water partition coefficient (Wildman–Crippen LogP) is -0.0889. The molecule has 1 fully saturated rings. The highest BCUT2D eigenvalue weighted by Gasteiger charge is 2.58. The Morgan fingerprint density at radius 1 is 1.25 bits per heavy atom. The normalized spacial score (nSPS) is 21.7. The van der Waals surface area contributed by atoms with Gasteiger partial charge in [-0.15, -0.1) is 0 Å². The van der Waals surface area contributed by atoms with Gasteiger partial charge in [-0.2, -0.15) is 0 Å². The average molecular weight is 212 g/mol. The van der Waals surface area contributed by atoms with Crippen molar-refractivity contribution in [3.63, 3.8) is 0 Å². The highest BCUT2D eigenvalue weighted by molar-refractivity contribution is 8.04. The topological polar surface area (TPSA) is 68.3 Å². The number of hydrogen-bond donors (Lipinski definition) is 1. The minimum absolute atomic E-state index is 0.270. The average Bonchev–Trinajstić information content (AvgIpc) is 2.64. The molecule has 1 rings (SSSR count). The molecule has 72 valence electrons. The van der Waals surface area contributed by atoms with E-state index in [0.717, 1.165) is 0 Å².